The SMILES string of the molecule is CCCCc1nc(N2CCN(C(=O)c3cc(C(F)(F)F)cc(C(F)(F)F)c3)CC2)c2c3c(sc2n1)CCCC3. The van der Waals surface area contributed by atoms with E-state index in [1.807, 2.05) is 0 Å². The summed E-state index contributed by atoms with van der Waals surface area (Å²) < 4.78 is 79.8. The Bertz CT molecular complexity index is 1340. The van der Waals surface area contributed by atoms with Crippen molar-refractivity contribution < 1.29 is 31.1 Å². The molecule has 0 saturated carbocycles. The molecule has 1 fully saturated rings. The number of carbonyl (C=O) groups excluding carboxylic acids is 1. The second-order valence-electron chi connectivity index (χ2n) is 10.0. The largest absolute Gasteiger partial charge is 0.416 e. The van der Waals surface area contributed by atoms with Crippen molar-refractivity contribution in [3.8, 4) is 0 Å². The van der Waals surface area contributed by atoms with Crippen molar-refractivity contribution in [3.63, 3.8) is 0 Å². The molecule has 1 aliphatic carbocycles. The van der Waals surface area contributed by atoms with Crippen LogP contribution in [0.3, 0.4) is 0 Å². The predicted octanol–water partition coefficient (Wildman–Crippen LogP) is 6.91. The number of unbranched alkanes of at least 4 members (excludes halogenated alkanes) is 1. The predicted molar refractivity (Wildman–Crippen MR) is 137 cm³/mol. The highest BCUT2D eigenvalue weighted by Crippen LogP contribution is 2.40. The summed E-state index contributed by atoms with van der Waals surface area (Å²) in [6.07, 6.45) is -3.12. The smallest absolute Gasteiger partial charge is 0.352 e. The third-order valence-corrected chi connectivity index (χ3v) is 8.48. The molecule has 1 aliphatic heterocycles. The van der Waals surface area contributed by atoms with Crippen molar-refractivity contribution in [2.24, 2.45) is 0 Å². The van der Waals surface area contributed by atoms with Gasteiger partial charge in [-0.1, -0.05) is 13.3 Å². The van der Waals surface area contributed by atoms with Gasteiger partial charge in [0, 0.05) is 43.0 Å². The van der Waals surface area contributed by atoms with Gasteiger partial charge < -0.3 is 9.80 Å². The van der Waals surface area contributed by atoms with Gasteiger partial charge in [-0.2, -0.15) is 26.3 Å². The number of benzene rings is 1. The zero-order valence-corrected chi connectivity index (χ0v) is 22.2. The van der Waals surface area contributed by atoms with Gasteiger partial charge >= 0.3 is 12.4 Å². The van der Waals surface area contributed by atoms with Gasteiger partial charge in [0.1, 0.15) is 16.5 Å². The van der Waals surface area contributed by atoms with E-state index in [0.29, 0.717) is 25.2 Å². The van der Waals surface area contributed by atoms with Crippen molar-refractivity contribution in [2.75, 3.05) is 31.1 Å². The first-order valence-electron chi connectivity index (χ1n) is 13.1. The average molecular weight is 571 g/mol. The van der Waals surface area contributed by atoms with Gasteiger partial charge in [0.05, 0.1) is 16.5 Å². The third kappa shape index (κ3) is 5.71. The van der Waals surface area contributed by atoms with Gasteiger partial charge in [0.2, 0.25) is 0 Å². The number of nitrogens with zero attached hydrogens (tertiary/aromatic N) is 4. The normalized spacial score (nSPS) is 16.6. The monoisotopic (exact) mass is 570 g/mol. The highest BCUT2D eigenvalue weighted by Gasteiger charge is 2.38. The number of fused-ring (bicyclic) bond motifs is 3. The quantitative estimate of drug-likeness (QED) is 0.313. The number of aryl methyl sites for hydroxylation is 3. The third-order valence-electron chi connectivity index (χ3n) is 7.30. The molecular weight excluding hydrogens is 542 g/mol. The Kier molecular flexibility index (Phi) is 7.51. The summed E-state index contributed by atoms with van der Waals surface area (Å²) in [5.41, 5.74) is -2.33. The fraction of sp³-hybridized carbons (Fsp3) is 0.519. The van der Waals surface area contributed by atoms with Gasteiger partial charge in [0.15, 0.2) is 0 Å². The van der Waals surface area contributed by atoms with Crippen LogP contribution in [-0.2, 0) is 31.6 Å². The molecule has 5 rings (SSSR count). The van der Waals surface area contributed by atoms with Crippen LogP contribution in [0.1, 0.15) is 70.4 Å². The maximum absolute atomic E-state index is 13.3. The molecule has 1 saturated heterocycles. The molecule has 0 N–H and O–H groups in total. The summed E-state index contributed by atoms with van der Waals surface area (Å²) >= 11 is 1.71. The number of aromatic nitrogens is 2. The Balaban J connectivity index is 1.41. The molecule has 3 heterocycles. The van der Waals surface area contributed by atoms with E-state index in [-0.39, 0.29) is 19.2 Å². The van der Waals surface area contributed by atoms with Crippen LogP contribution in [0.4, 0.5) is 32.2 Å². The van der Waals surface area contributed by atoms with Gasteiger partial charge in [-0.15, -0.1) is 11.3 Å². The first-order chi connectivity index (χ1) is 18.5. The van der Waals surface area contributed by atoms with Crippen LogP contribution < -0.4 is 4.90 Å². The minimum Gasteiger partial charge on any atom is -0.352 e. The van der Waals surface area contributed by atoms with Crippen LogP contribution in [0.15, 0.2) is 18.2 Å². The minimum atomic E-state index is -5.01. The first kappa shape index (κ1) is 27.7. The van der Waals surface area contributed by atoms with E-state index < -0.39 is 35.0 Å². The van der Waals surface area contributed by atoms with Gasteiger partial charge in [-0.25, -0.2) is 9.97 Å². The zero-order valence-electron chi connectivity index (χ0n) is 21.4. The molecule has 210 valence electrons. The van der Waals surface area contributed by atoms with Crippen molar-refractivity contribution in [1.82, 2.24) is 14.9 Å². The Morgan fingerprint density at radius 1 is 0.923 bits per heavy atom. The summed E-state index contributed by atoms with van der Waals surface area (Å²) in [6, 6.07) is 1.03. The summed E-state index contributed by atoms with van der Waals surface area (Å²) in [5, 5.41) is 1.04. The number of halogens is 6. The molecule has 5 nitrogen and oxygen atoms in total. The number of hydrogen-bond donors (Lipinski definition) is 0. The molecule has 2 aromatic heterocycles. The summed E-state index contributed by atoms with van der Waals surface area (Å²) in [4.78, 5) is 28.5. The number of amides is 1. The molecule has 0 atom stereocenters. The lowest BCUT2D eigenvalue weighted by atomic mass is 9.96. The van der Waals surface area contributed by atoms with E-state index >= 15 is 0 Å². The number of piperazine rings is 1. The molecule has 1 amide bonds. The van der Waals surface area contributed by atoms with Crippen LogP contribution >= 0.6 is 11.3 Å². The average Bonchev–Trinajstić information content (AvgIpc) is 3.28. The number of hydrogen-bond acceptors (Lipinski definition) is 5. The van der Waals surface area contributed by atoms with E-state index in [4.69, 9.17) is 9.97 Å². The van der Waals surface area contributed by atoms with E-state index in [0.717, 1.165) is 66.8 Å². The number of carbonyl (C=O) groups is 1. The van der Waals surface area contributed by atoms with Crippen LogP contribution in [0.5, 0.6) is 0 Å². The zero-order chi connectivity index (χ0) is 27.9. The highest BCUT2D eigenvalue weighted by molar-refractivity contribution is 7.19. The molecule has 0 unspecified atom stereocenters. The summed E-state index contributed by atoms with van der Waals surface area (Å²) in [5.74, 6) is 0.728. The van der Waals surface area contributed by atoms with E-state index in [1.165, 1.54) is 15.3 Å². The van der Waals surface area contributed by atoms with Gasteiger partial charge in [-0.05, 0) is 55.9 Å². The number of thiophene rings is 1. The van der Waals surface area contributed by atoms with Crippen LogP contribution in [0, 0.1) is 0 Å². The first-order valence-corrected chi connectivity index (χ1v) is 13.9. The topological polar surface area (TPSA) is 49.3 Å². The van der Waals surface area contributed by atoms with Crippen molar-refractivity contribution in [2.45, 2.75) is 64.2 Å². The lowest BCUT2D eigenvalue weighted by Gasteiger charge is -2.36. The van der Waals surface area contributed by atoms with E-state index in [1.54, 1.807) is 11.3 Å². The Morgan fingerprint density at radius 3 is 2.18 bits per heavy atom. The van der Waals surface area contributed by atoms with Crippen LogP contribution in [0.25, 0.3) is 10.2 Å². The fourth-order valence-corrected chi connectivity index (χ4v) is 6.51. The molecular formula is C27H28F6N4OS. The standard InChI is InChI=1S/C27H28F6N4OS/c1-2-3-8-21-34-23(22-19-6-4-5-7-20(19)39-24(22)35-21)36-9-11-37(12-10-36)25(38)16-13-17(26(28,29)30)15-18(14-16)27(31,32)33/h13-15H,2-12H2,1H3. The number of anilines is 1. The van der Waals surface area contributed by atoms with Crippen molar-refractivity contribution in [1.29, 1.82) is 0 Å². The molecule has 12 heteroatoms. The van der Waals surface area contributed by atoms with Crippen molar-refractivity contribution in [3.05, 3.63) is 51.2 Å². The molecule has 1 aromatic carbocycles. The van der Waals surface area contributed by atoms with E-state index in [9.17, 15) is 31.1 Å². The fourth-order valence-electron chi connectivity index (χ4n) is 5.24. The summed E-state index contributed by atoms with van der Waals surface area (Å²) in [6.45, 7) is 3.13. The maximum Gasteiger partial charge on any atom is 0.416 e. The van der Waals surface area contributed by atoms with Gasteiger partial charge in [0.25, 0.3) is 5.91 Å². The second-order valence-corrected chi connectivity index (χ2v) is 11.1. The lowest BCUT2D eigenvalue weighted by molar-refractivity contribution is -0.143. The molecule has 3 aromatic rings. The molecule has 0 radical (unpaired) electrons. The molecule has 0 spiro atoms. The van der Waals surface area contributed by atoms with E-state index in [2.05, 4.69) is 11.8 Å². The minimum absolute atomic E-state index is 0.0345. The highest BCUT2D eigenvalue weighted by atomic mass is 32.1. The Labute approximate surface area is 225 Å². The molecule has 2 aliphatic rings. The Morgan fingerprint density at radius 2 is 1.56 bits per heavy atom. The van der Waals surface area contributed by atoms with Crippen LogP contribution in [0.2, 0.25) is 0 Å². The lowest BCUT2D eigenvalue weighted by Crippen LogP contribution is -2.49. The summed E-state index contributed by atoms with van der Waals surface area (Å²) in [7, 11) is 0. The van der Waals surface area contributed by atoms with Crippen LogP contribution in [-0.4, -0.2) is 47.0 Å². The molecule has 0 bridgehead atoms. The Hall–Kier alpha value is -2.89. The second kappa shape index (κ2) is 10.6. The number of alkyl halides is 6. The number of rotatable bonds is 5. The van der Waals surface area contributed by atoms with Gasteiger partial charge in [-0.3, -0.25) is 4.79 Å². The molecule has 39 heavy (non-hydrogen) atoms. The maximum atomic E-state index is 13.3. The van der Waals surface area contributed by atoms with Crippen molar-refractivity contribution >= 4 is 33.3 Å².